The first-order valence-corrected chi connectivity index (χ1v) is 9.02. The molecular formula is C19H28N4O4. The molecule has 0 aliphatic carbocycles. The Kier molecular flexibility index (Phi) is 7.32. The van der Waals surface area contributed by atoms with Crippen molar-refractivity contribution < 1.29 is 19.1 Å². The van der Waals surface area contributed by atoms with Crippen molar-refractivity contribution in [1.82, 2.24) is 20.4 Å². The highest BCUT2D eigenvalue weighted by Gasteiger charge is 2.49. The molecule has 1 aromatic carbocycles. The second-order valence-corrected chi connectivity index (χ2v) is 6.81. The minimum absolute atomic E-state index is 0.291. The van der Waals surface area contributed by atoms with Crippen molar-refractivity contribution in [2.24, 2.45) is 0 Å². The topological polar surface area (TPSA) is 91.0 Å². The van der Waals surface area contributed by atoms with Crippen LogP contribution in [0.3, 0.4) is 0 Å². The number of hydrogen-bond donors (Lipinski definition) is 2. The predicted octanol–water partition coefficient (Wildman–Crippen LogP) is 0.538. The fraction of sp³-hybridized carbons (Fsp3) is 0.526. The number of rotatable bonds is 10. The molecule has 0 radical (unpaired) electrons. The molecule has 1 aliphatic heterocycles. The van der Waals surface area contributed by atoms with Crippen LogP contribution in [0.5, 0.6) is 0 Å². The van der Waals surface area contributed by atoms with Crippen LogP contribution in [0, 0.1) is 0 Å². The van der Waals surface area contributed by atoms with Gasteiger partial charge in [0.25, 0.3) is 5.91 Å². The number of carbonyl (C=O) groups is 3. The van der Waals surface area contributed by atoms with Crippen LogP contribution in [-0.2, 0) is 19.9 Å². The summed E-state index contributed by atoms with van der Waals surface area (Å²) in [7, 11) is 3.63. The summed E-state index contributed by atoms with van der Waals surface area (Å²) in [5, 5.41) is 5.45. The molecular weight excluding hydrogens is 348 g/mol. The van der Waals surface area contributed by atoms with Crippen molar-refractivity contribution in [3.8, 4) is 0 Å². The Bertz CT molecular complexity index is 667. The smallest absolute Gasteiger partial charge is 0.325 e. The third-order valence-corrected chi connectivity index (χ3v) is 4.63. The molecule has 2 rings (SSSR count). The van der Waals surface area contributed by atoms with Crippen LogP contribution in [0.25, 0.3) is 0 Å². The van der Waals surface area contributed by atoms with E-state index in [9.17, 15) is 14.4 Å². The molecule has 0 aromatic heterocycles. The second kappa shape index (κ2) is 9.48. The van der Waals surface area contributed by atoms with E-state index < -0.39 is 17.5 Å². The van der Waals surface area contributed by atoms with Crippen LogP contribution in [0.2, 0.25) is 0 Å². The van der Waals surface area contributed by atoms with Gasteiger partial charge >= 0.3 is 6.03 Å². The number of methoxy groups -OCH3 is 1. The van der Waals surface area contributed by atoms with Gasteiger partial charge in [-0.2, -0.15) is 0 Å². The lowest BCUT2D eigenvalue weighted by Crippen LogP contribution is -2.44. The van der Waals surface area contributed by atoms with Gasteiger partial charge in [-0.1, -0.05) is 30.3 Å². The summed E-state index contributed by atoms with van der Waals surface area (Å²) in [6.07, 6.45) is 0.918. The summed E-state index contributed by atoms with van der Waals surface area (Å²) in [5.74, 6) is -0.786. The third-order valence-electron chi connectivity index (χ3n) is 4.63. The van der Waals surface area contributed by atoms with Gasteiger partial charge in [0, 0.05) is 33.4 Å². The summed E-state index contributed by atoms with van der Waals surface area (Å²) >= 11 is 0. The molecule has 1 heterocycles. The van der Waals surface area contributed by atoms with Gasteiger partial charge in [0.1, 0.15) is 12.1 Å². The van der Waals surface area contributed by atoms with Crippen LogP contribution in [0.4, 0.5) is 4.79 Å². The maximum Gasteiger partial charge on any atom is 0.325 e. The SMILES string of the molecule is COCCCN(C)CCNC(=O)CN1C(=O)NC(C)(c2ccccc2)C1=O. The maximum absolute atomic E-state index is 12.7. The summed E-state index contributed by atoms with van der Waals surface area (Å²) in [6, 6.07) is 8.45. The number of likely N-dealkylation sites (N-methyl/N-ethyl adjacent to an activating group) is 1. The van der Waals surface area contributed by atoms with E-state index >= 15 is 0 Å². The monoisotopic (exact) mass is 376 g/mol. The molecule has 2 N–H and O–H groups in total. The fourth-order valence-corrected chi connectivity index (χ4v) is 2.98. The first-order valence-electron chi connectivity index (χ1n) is 9.02. The Morgan fingerprint density at radius 1 is 1.26 bits per heavy atom. The van der Waals surface area contributed by atoms with Gasteiger partial charge in [-0.25, -0.2) is 4.79 Å². The molecule has 4 amide bonds. The van der Waals surface area contributed by atoms with Crippen molar-refractivity contribution in [3.05, 3.63) is 35.9 Å². The van der Waals surface area contributed by atoms with Crippen LogP contribution in [0.1, 0.15) is 18.9 Å². The highest BCUT2D eigenvalue weighted by Crippen LogP contribution is 2.28. The fourth-order valence-electron chi connectivity index (χ4n) is 2.98. The molecule has 1 aromatic rings. The third kappa shape index (κ3) is 5.27. The van der Waals surface area contributed by atoms with E-state index in [-0.39, 0.29) is 12.5 Å². The molecule has 1 saturated heterocycles. The molecule has 1 unspecified atom stereocenters. The molecule has 1 aliphatic rings. The van der Waals surface area contributed by atoms with Crippen LogP contribution >= 0.6 is 0 Å². The van der Waals surface area contributed by atoms with Crippen molar-refractivity contribution in [2.75, 3.05) is 46.9 Å². The summed E-state index contributed by atoms with van der Waals surface area (Å²) in [6.45, 7) is 4.05. The number of urea groups is 1. The molecule has 8 nitrogen and oxygen atoms in total. The Morgan fingerprint density at radius 2 is 1.96 bits per heavy atom. The van der Waals surface area contributed by atoms with Crippen LogP contribution in [-0.4, -0.2) is 74.6 Å². The summed E-state index contributed by atoms with van der Waals surface area (Å²) < 4.78 is 5.01. The maximum atomic E-state index is 12.7. The van der Waals surface area contributed by atoms with E-state index in [1.54, 1.807) is 38.3 Å². The largest absolute Gasteiger partial charge is 0.385 e. The minimum Gasteiger partial charge on any atom is -0.385 e. The lowest BCUT2D eigenvalue weighted by atomic mass is 9.92. The molecule has 0 bridgehead atoms. The van der Waals surface area contributed by atoms with Gasteiger partial charge in [0.2, 0.25) is 5.91 Å². The zero-order valence-electron chi connectivity index (χ0n) is 16.2. The lowest BCUT2D eigenvalue weighted by Gasteiger charge is -2.22. The normalized spacial score (nSPS) is 19.5. The van der Waals surface area contributed by atoms with Gasteiger partial charge in [0.05, 0.1) is 0 Å². The van der Waals surface area contributed by atoms with Gasteiger partial charge in [-0.3, -0.25) is 14.5 Å². The summed E-state index contributed by atoms with van der Waals surface area (Å²) in [5.41, 5.74) is -0.468. The van der Waals surface area contributed by atoms with E-state index in [0.717, 1.165) is 17.9 Å². The second-order valence-electron chi connectivity index (χ2n) is 6.81. The molecule has 0 spiro atoms. The number of benzene rings is 1. The van der Waals surface area contributed by atoms with Gasteiger partial charge < -0.3 is 20.3 Å². The van der Waals surface area contributed by atoms with E-state index in [4.69, 9.17) is 4.74 Å². The van der Waals surface area contributed by atoms with E-state index in [2.05, 4.69) is 15.5 Å². The summed E-state index contributed by atoms with van der Waals surface area (Å²) in [4.78, 5) is 40.2. The molecule has 0 saturated carbocycles. The number of nitrogens with zero attached hydrogens (tertiary/aromatic N) is 2. The molecule has 148 valence electrons. The lowest BCUT2D eigenvalue weighted by molar-refractivity contribution is -0.134. The number of hydrogen-bond acceptors (Lipinski definition) is 5. The zero-order valence-corrected chi connectivity index (χ0v) is 16.2. The number of amides is 4. The van der Waals surface area contributed by atoms with Crippen molar-refractivity contribution in [1.29, 1.82) is 0 Å². The van der Waals surface area contributed by atoms with Gasteiger partial charge in [-0.15, -0.1) is 0 Å². The first-order chi connectivity index (χ1) is 12.9. The van der Waals surface area contributed by atoms with E-state index in [1.165, 1.54) is 0 Å². The molecule has 1 fully saturated rings. The average Bonchev–Trinajstić information content (AvgIpc) is 2.87. The highest BCUT2D eigenvalue weighted by molar-refractivity contribution is 6.09. The zero-order chi connectivity index (χ0) is 19.9. The Morgan fingerprint density at radius 3 is 2.63 bits per heavy atom. The van der Waals surface area contributed by atoms with Crippen molar-refractivity contribution >= 4 is 17.8 Å². The Labute approximate surface area is 159 Å². The van der Waals surface area contributed by atoms with Crippen molar-refractivity contribution in [2.45, 2.75) is 18.9 Å². The number of nitrogens with one attached hydrogen (secondary N) is 2. The predicted molar refractivity (Wildman–Crippen MR) is 101 cm³/mol. The Balaban J connectivity index is 1.84. The molecule has 8 heteroatoms. The van der Waals surface area contributed by atoms with E-state index in [0.29, 0.717) is 25.3 Å². The van der Waals surface area contributed by atoms with Gasteiger partial charge in [0.15, 0.2) is 0 Å². The van der Waals surface area contributed by atoms with E-state index in [1.807, 2.05) is 13.1 Å². The molecule has 1 atom stereocenters. The average molecular weight is 376 g/mol. The highest BCUT2D eigenvalue weighted by atomic mass is 16.5. The standard InChI is InChI=1S/C19H28N4O4/c1-19(15-8-5-4-6-9-15)17(25)23(18(26)21-19)14-16(24)20-10-12-22(2)11-7-13-27-3/h4-6,8-9H,7,10-14H2,1-3H3,(H,20,24)(H,21,26). The molecule has 27 heavy (non-hydrogen) atoms. The number of imide groups is 1. The Hall–Kier alpha value is -2.45. The van der Waals surface area contributed by atoms with Gasteiger partial charge in [-0.05, 0) is 26.0 Å². The van der Waals surface area contributed by atoms with Crippen LogP contribution < -0.4 is 10.6 Å². The number of carbonyl (C=O) groups excluding carboxylic acids is 3. The number of ether oxygens (including phenoxy) is 1. The van der Waals surface area contributed by atoms with Crippen LogP contribution in [0.15, 0.2) is 30.3 Å². The van der Waals surface area contributed by atoms with Crippen molar-refractivity contribution in [3.63, 3.8) is 0 Å². The quantitative estimate of drug-likeness (QED) is 0.459. The first kappa shape index (κ1) is 20.9. The minimum atomic E-state index is -1.15.